The molecule has 3 aromatic rings. The quantitative estimate of drug-likeness (QED) is 0.761. The molecule has 7 nitrogen and oxygen atoms in total. The molecule has 0 saturated carbocycles. The van der Waals surface area contributed by atoms with Gasteiger partial charge in [-0.05, 0) is 25.1 Å². The van der Waals surface area contributed by atoms with Crippen LogP contribution in [0.1, 0.15) is 4.88 Å². The normalized spacial score (nSPS) is 14.7. The number of thiophene rings is 1. The lowest BCUT2D eigenvalue weighted by atomic mass is 10.3. The Bertz CT molecular complexity index is 904. The van der Waals surface area contributed by atoms with Gasteiger partial charge in [-0.15, -0.1) is 11.3 Å². The van der Waals surface area contributed by atoms with E-state index in [1.165, 1.54) is 11.2 Å². The number of fused-ring (bicyclic) bond motifs is 1. The maximum absolute atomic E-state index is 12.5. The third-order valence-corrected chi connectivity index (χ3v) is 5.42. The lowest BCUT2D eigenvalue weighted by Crippen LogP contribution is -2.50. The fourth-order valence-corrected chi connectivity index (χ4v) is 3.96. The lowest BCUT2D eigenvalue weighted by molar-refractivity contribution is -0.129. The first-order valence-corrected chi connectivity index (χ1v) is 9.41. The highest BCUT2D eigenvalue weighted by Crippen LogP contribution is 2.27. The number of rotatable bonds is 4. The maximum atomic E-state index is 12.5. The molecule has 0 aliphatic carbocycles. The van der Waals surface area contributed by atoms with Crippen molar-refractivity contribution in [3.63, 3.8) is 0 Å². The largest absolute Gasteiger partial charge is 0.360 e. The molecule has 1 saturated heterocycles. The van der Waals surface area contributed by atoms with Crippen LogP contribution in [0.15, 0.2) is 36.8 Å². The number of aryl methyl sites for hydroxylation is 1. The van der Waals surface area contributed by atoms with Crippen LogP contribution in [0.5, 0.6) is 0 Å². The van der Waals surface area contributed by atoms with Crippen LogP contribution in [-0.2, 0) is 4.79 Å². The fourth-order valence-electron chi connectivity index (χ4n) is 3.11. The number of hydrogen-bond acceptors (Lipinski definition) is 7. The van der Waals surface area contributed by atoms with Crippen LogP contribution < -0.4 is 10.2 Å². The summed E-state index contributed by atoms with van der Waals surface area (Å²) in [6.07, 6.45) is 3.34. The molecule has 0 radical (unpaired) electrons. The van der Waals surface area contributed by atoms with Crippen molar-refractivity contribution in [3.05, 3.63) is 41.7 Å². The molecule has 8 heteroatoms. The smallest absolute Gasteiger partial charge is 0.242 e. The van der Waals surface area contributed by atoms with Gasteiger partial charge in [0, 0.05) is 37.3 Å². The van der Waals surface area contributed by atoms with Gasteiger partial charge in [-0.25, -0.2) is 15.0 Å². The number of hydrogen-bond donors (Lipinski definition) is 1. The Morgan fingerprint density at radius 1 is 1.19 bits per heavy atom. The van der Waals surface area contributed by atoms with E-state index >= 15 is 0 Å². The monoisotopic (exact) mass is 368 g/mol. The third kappa shape index (κ3) is 3.45. The molecule has 1 fully saturated rings. The van der Waals surface area contributed by atoms with Crippen LogP contribution in [0, 0.1) is 6.92 Å². The van der Waals surface area contributed by atoms with Gasteiger partial charge in [0.25, 0.3) is 0 Å². The van der Waals surface area contributed by atoms with Gasteiger partial charge in [-0.1, -0.05) is 6.07 Å². The molecule has 0 aromatic carbocycles. The number of amides is 1. The molecular weight excluding hydrogens is 348 g/mol. The van der Waals surface area contributed by atoms with Crippen molar-refractivity contribution in [3.8, 4) is 0 Å². The van der Waals surface area contributed by atoms with Crippen molar-refractivity contribution < 1.29 is 4.79 Å². The number of nitrogens with one attached hydrogen (secondary N) is 1. The van der Waals surface area contributed by atoms with Crippen molar-refractivity contribution >= 4 is 39.1 Å². The summed E-state index contributed by atoms with van der Waals surface area (Å²) in [4.78, 5) is 31.7. The first-order valence-electron chi connectivity index (χ1n) is 8.59. The predicted molar refractivity (Wildman–Crippen MR) is 104 cm³/mol. The van der Waals surface area contributed by atoms with Gasteiger partial charge in [-0.3, -0.25) is 4.79 Å². The molecule has 0 spiro atoms. The van der Waals surface area contributed by atoms with Gasteiger partial charge in [0.1, 0.15) is 22.8 Å². The zero-order valence-electron chi connectivity index (χ0n) is 14.6. The van der Waals surface area contributed by atoms with E-state index in [-0.39, 0.29) is 12.5 Å². The van der Waals surface area contributed by atoms with E-state index in [4.69, 9.17) is 0 Å². The average molecular weight is 368 g/mol. The van der Waals surface area contributed by atoms with Crippen LogP contribution >= 0.6 is 11.3 Å². The Kier molecular flexibility index (Phi) is 4.66. The predicted octanol–water partition coefficient (Wildman–Crippen LogP) is 2.16. The summed E-state index contributed by atoms with van der Waals surface area (Å²) in [5, 5.41) is 4.15. The Morgan fingerprint density at radius 3 is 2.81 bits per heavy atom. The molecular formula is C18H20N6OS. The van der Waals surface area contributed by atoms with E-state index < -0.39 is 0 Å². The number of nitrogens with zero attached hydrogens (tertiary/aromatic N) is 5. The van der Waals surface area contributed by atoms with Crippen LogP contribution in [0.25, 0.3) is 10.2 Å². The van der Waals surface area contributed by atoms with Crippen LogP contribution in [0.3, 0.4) is 0 Å². The Morgan fingerprint density at radius 2 is 2.04 bits per heavy atom. The average Bonchev–Trinajstić information content (AvgIpc) is 3.07. The molecule has 1 amide bonds. The molecule has 0 unspecified atom stereocenters. The van der Waals surface area contributed by atoms with Gasteiger partial charge >= 0.3 is 0 Å². The van der Waals surface area contributed by atoms with E-state index in [0.717, 1.165) is 34.9 Å². The SMILES string of the molecule is Cc1cc2c(NCC(=O)N3CCN(c4ccccn4)CC3)ncnc2s1. The summed E-state index contributed by atoms with van der Waals surface area (Å²) in [5.41, 5.74) is 0. The minimum atomic E-state index is 0.0874. The fraction of sp³-hybridized carbons (Fsp3) is 0.333. The summed E-state index contributed by atoms with van der Waals surface area (Å²) < 4.78 is 0. The van der Waals surface area contributed by atoms with Gasteiger partial charge in [0.05, 0.1) is 11.9 Å². The number of carbonyl (C=O) groups is 1. The maximum Gasteiger partial charge on any atom is 0.242 e. The summed E-state index contributed by atoms with van der Waals surface area (Å²) >= 11 is 1.63. The summed E-state index contributed by atoms with van der Waals surface area (Å²) in [5.74, 6) is 1.78. The highest BCUT2D eigenvalue weighted by molar-refractivity contribution is 7.18. The zero-order chi connectivity index (χ0) is 17.9. The second-order valence-electron chi connectivity index (χ2n) is 6.21. The van der Waals surface area contributed by atoms with Crippen molar-refractivity contribution in [2.45, 2.75) is 6.92 Å². The van der Waals surface area contributed by atoms with E-state index in [1.54, 1.807) is 17.5 Å². The molecule has 1 aliphatic rings. The molecule has 4 rings (SSSR count). The first kappa shape index (κ1) is 16.7. The zero-order valence-corrected chi connectivity index (χ0v) is 15.4. The van der Waals surface area contributed by atoms with Gasteiger partial charge < -0.3 is 15.1 Å². The number of pyridine rings is 1. The Balaban J connectivity index is 1.34. The van der Waals surface area contributed by atoms with E-state index in [2.05, 4.69) is 31.2 Å². The molecule has 3 aromatic heterocycles. The van der Waals surface area contributed by atoms with E-state index in [1.807, 2.05) is 30.0 Å². The van der Waals surface area contributed by atoms with E-state index in [9.17, 15) is 4.79 Å². The summed E-state index contributed by atoms with van der Waals surface area (Å²) in [6, 6.07) is 7.95. The molecule has 4 heterocycles. The number of anilines is 2. The molecule has 1 N–H and O–H groups in total. The van der Waals surface area contributed by atoms with Crippen molar-refractivity contribution in [1.29, 1.82) is 0 Å². The Labute approximate surface area is 155 Å². The van der Waals surface area contributed by atoms with Crippen molar-refractivity contribution in [1.82, 2.24) is 19.9 Å². The van der Waals surface area contributed by atoms with E-state index in [0.29, 0.717) is 13.1 Å². The summed E-state index contributed by atoms with van der Waals surface area (Å²) in [6.45, 7) is 5.28. The number of aromatic nitrogens is 3. The molecule has 0 bridgehead atoms. The highest BCUT2D eigenvalue weighted by atomic mass is 32.1. The summed E-state index contributed by atoms with van der Waals surface area (Å²) in [7, 11) is 0. The topological polar surface area (TPSA) is 74.2 Å². The minimum absolute atomic E-state index is 0.0874. The highest BCUT2D eigenvalue weighted by Gasteiger charge is 2.21. The van der Waals surface area contributed by atoms with Crippen molar-refractivity contribution in [2.24, 2.45) is 0 Å². The van der Waals surface area contributed by atoms with Crippen LogP contribution in [0.4, 0.5) is 11.6 Å². The van der Waals surface area contributed by atoms with Gasteiger partial charge in [0.2, 0.25) is 5.91 Å². The van der Waals surface area contributed by atoms with Crippen LogP contribution in [0.2, 0.25) is 0 Å². The second kappa shape index (κ2) is 7.25. The molecule has 134 valence electrons. The number of carbonyl (C=O) groups excluding carboxylic acids is 1. The minimum Gasteiger partial charge on any atom is -0.360 e. The lowest BCUT2D eigenvalue weighted by Gasteiger charge is -2.35. The first-order chi connectivity index (χ1) is 12.7. The molecule has 1 aliphatic heterocycles. The van der Waals surface area contributed by atoms with Gasteiger partial charge in [0.15, 0.2) is 0 Å². The molecule has 0 atom stereocenters. The molecule has 26 heavy (non-hydrogen) atoms. The van der Waals surface area contributed by atoms with Crippen molar-refractivity contribution in [2.75, 3.05) is 42.9 Å². The number of piperazine rings is 1. The van der Waals surface area contributed by atoms with Crippen LogP contribution in [-0.4, -0.2) is 58.5 Å². The van der Waals surface area contributed by atoms with Gasteiger partial charge in [-0.2, -0.15) is 0 Å². The second-order valence-corrected chi connectivity index (χ2v) is 7.44. The standard InChI is InChI=1S/C18H20N6OS/c1-13-10-14-17(21-12-22-18(14)26-13)20-11-16(25)24-8-6-23(7-9-24)15-4-2-3-5-19-15/h2-5,10,12H,6-9,11H2,1H3,(H,20,21,22). The third-order valence-electron chi connectivity index (χ3n) is 4.47. The Hall–Kier alpha value is -2.74.